The fourth-order valence-corrected chi connectivity index (χ4v) is 3.23. The minimum atomic E-state index is -3.67. The number of pyridine rings is 1. The first-order valence-corrected chi connectivity index (χ1v) is 10.2. The van der Waals surface area contributed by atoms with Crippen LogP contribution in [0.25, 0.3) is 10.9 Å². The van der Waals surface area contributed by atoms with Gasteiger partial charge in [0.25, 0.3) is 10.1 Å². The quantitative estimate of drug-likeness (QED) is 0.622. The van der Waals surface area contributed by atoms with Crippen molar-refractivity contribution in [2.45, 2.75) is 31.3 Å². The lowest BCUT2D eigenvalue weighted by atomic mass is 9.98. The van der Waals surface area contributed by atoms with Crippen LogP contribution in [-0.2, 0) is 15.7 Å². The third kappa shape index (κ3) is 3.60. The van der Waals surface area contributed by atoms with Gasteiger partial charge in [0.2, 0.25) is 5.43 Å². The summed E-state index contributed by atoms with van der Waals surface area (Å²) in [5.74, 6) is -1.68. The summed E-state index contributed by atoms with van der Waals surface area (Å²) in [6, 6.07) is 0.920. The number of carboxylic acid groups (broad SMARTS) is 1. The molecular weight excluding hydrogens is 395 g/mol. The van der Waals surface area contributed by atoms with Crippen LogP contribution in [0.3, 0.4) is 0 Å². The molecule has 1 saturated carbocycles. The van der Waals surface area contributed by atoms with Gasteiger partial charge in [-0.25, -0.2) is 9.18 Å². The zero-order valence-corrected chi connectivity index (χ0v) is 15.9. The molecule has 0 radical (unpaired) electrons. The van der Waals surface area contributed by atoms with Gasteiger partial charge in [-0.05, 0) is 25.8 Å². The van der Waals surface area contributed by atoms with E-state index in [1.165, 1.54) is 6.20 Å². The number of aromatic nitrogens is 1. The lowest BCUT2D eigenvalue weighted by molar-refractivity contribution is 0.0694. The van der Waals surface area contributed by atoms with Gasteiger partial charge in [0.1, 0.15) is 18.0 Å². The molecule has 0 amide bonds. The largest absolute Gasteiger partial charge is 0.489 e. The van der Waals surface area contributed by atoms with E-state index in [1.54, 1.807) is 4.57 Å². The summed E-state index contributed by atoms with van der Waals surface area (Å²) in [6.07, 6.45) is 3.33. The van der Waals surface area contributed by atoms with E-state index < -0.39 is 32.9 Å². The van der Waals surface area contributed by atoms with Gasteiger partial charge >= 0.3 is 5.97 Å². The molecule has 4 N–H and O–H groups in total. The van der Waals surface area contributed by atoms with Gasteiger partial charge < -0.3 is 20.1 Å². The second-order valence-electron chi connectivity index (χ2n) is 7.09. The molecule has 11 heteroatoms. The highest BCUT2D eigenvalue weighted by Gasteiger charge is 2.46. The SMILES string of the molecule is CC1COc2c(C3(N)CC3)c(F)cc3c(=O)c(C(=O)O)cn1c23.CS(=O)(=O)O. The van der Waals surface area contributed by atoms with Crippen molar-refractivity contribution in [3.63, 3.8) is 0 Å². The van der Waals surface area contributed by atoms with E-state index in [1.807, 2.05) is 6.92 Å². The molecule has 1 aromatic carbocycles. The number of halogens is 1. The Kier molecular flexibility index (Phi) is 4.72. The predicted molar refractivity (Wildman–Crippen MR) is 97.9 cm³/mol. The Balaban J connectivity index is 0.000000403. The number of benzene rings is 1. The molecule has 1 aliphatic carbocycles. The van der Waals surface area contributed by atoms with Crippen LogP contribution in [0.1, 0.15) is 41.7 Å². The molecule has 152 valence electrons. The first-order valence-electron chi connectivity index (χ1n) is 8.33. The standard InChI is InChI=1S/C16H15FN2O4.CH4O3S/c1-7-6-23-14-11(16(18)2-3-16)10(17)4-8-12(14)19(7)5-9(13(8)20)15(21)22;1-5(2,3)4/h4-5,7H,2-3,6,18H2,1H3,(H,21,22);1H3,(H,2,3,4). The average molecular weight is 414 g/mol. The third-order valence-corrected chi connectivity index (χ3v) is 4.68. The number of aromatic carboxylic acids is 1. The van der Waals surface area contributed by atoms with Crippen molar-refractivity contribution in [2.24, 2.45) is 5.73 Å². The first kappa shape index (κ1) is 20.2. The molecule has 0 bridgehead atoms. The van der Waals surface area contributed by atoms with Gasteiger partial charge in [-0.1, -0.05) is 0 Å². The van der Waals surface area contributed by atoms with Crippen molar-refractivity contribution in [3.05, 3.63) is 39.4 Å². The molecule has 28 heavy (non-hydrogen) atoms. The minimum absolute atomic E-state index is 0.0111. The summed E-state index contributed by atoms with van der Waals surface area (Å²) in [6.45, 7) is 2.10. The van der Waals surface area contributed by atoms with Crippen LogP contribution in [0.2, 0.25) is 0 Å². The van der Waals surface area contributed by atoms with E-state index in [9.17, 15) is 27.5 Å². The van der Waals surface area contributed by atoms with Gasteiger partial charge in [0, 0.05) is 11.7 Å². The van der Waals surface area contributed by atoms with Gasteiger partial charge in [-0.15, -0.1) is 0 Å². The summed E-state index contributed by atoms with van der Waals surface area (Å²) in [5, 5.41) is 9.23. The summed E-state index contributed by atoms with van der Waals surface area (Å²) < 4.78 is 47.9. The number of ether oxygens (including phenoxy) is 1. The number of rotatable bonds is 2. The Hall–Kier alpha value is -2.50. The second kappa shape index (κ2) is 6.54. The Morgan fingerprint density at radius 2 is 2.00 bits per heavy atom. The molecule has 4 rings (SSSR count). The van der Waals surface area contributed by atoms with Crippen LogP contribution in [-0.4, -0.2) is 41.5 Å². The number of nitrogens with two attached hydrogens (primary N) is 1. The maximum Gasteiger partial charge on any atom is 0.341 e. The van der Waals surface area contributed by atoms with E-state index >= 15 is 0 Å². The smallest absolute Gasteiger partial charge is 0.341 e. The molecule has 1 aliphatic heterocycles. The molecule has 0 saturated heterocycles. The Morgan fingerprint density at radius 3 is 2.50 bits per heavy atom. The third-order valence-electron chi connectivity index (χ3n) is 4.68. The summed E-state index contributed by atoms with van der Waals surface area (Å²) >= 11 is 0. The molecule has 1 atom stereocenters. The molecule has 9 nitrogen and oxygen atoms in total. The van der Waals surface area contributed by atoms with Gasteiger partial charge in [0.15, 0.2) is 5.75 Å². The molecular formula is C17H19FN2O7S. The van der Waals surface area contributed by atoms with Crippen molar-refractivity contribution in [1.29, 1.82) is 0 Å². The average Bonchev–Trinajstić information content (AvgIpc) is 3.28. The normalized spacial score (nSPS) is 19.4. The van der Waals surface area contributed by atoms with E-state index in [2.05, 4.69) is 0 Å². The second-order valence-corrected chi connectivity index (χ2v) is 8.56. The van der Waals surface area contributed by atoms with E-state index in [0.29, 0.717) is 24.6 Å². The zero-order valence-electron chi connectivity index (χ0n) is 15.1. The van der Waals surface area contributed by atoms with Crippen molar-refractivity contribution in [3.8, 4) is 5.75 Å². The lowest BCUT2D eigenvalue weighted by Crippen LogP contribution is -2.30. The molecule has 2 aliphatic rings. The van der Waals surface area contributed by atoms with Gasteiger partial charge in [-0.2, -0.15) is 8.42 Å². The highest BCUT2D eigenvalue weighted by Crippen LogP contribution is 2.50. The molecule has 0 spiro atoms. The topological polar surface area (TPSA) is 149 Å². The number of hydrogen-bond acceptors (Lipinski definition) is 6. The van der Waals surface area contributed by atoms with Crippen molar-refractivity contribution >= 4 is 27.0 Å². The number of carbonyl (C=O) groups is 1. The van der Waals surface area contributed by atoms with Crippen molar-refractivity contribution in [1.82, 2.24) is 4.57 Å². The van der Waals surface area contributed by atoms with Gasteiger partial charge in [0.05, 0.1) is 28.8 Å². The van der Waals surface area contributed by atoms with Crippen LogP contribution < -0.4 is 15.9 Å². The van der Waals surface area contributed by atoms with Crippen LogP contribution in [0.15, 0.2) is 17.1 Å². The first-order chi connectivity index (χ1) is 12.8. The fourth-order valence-electron chi connectivity index (χ4n) is 3.23. The summed E-state index contributed by atoms with van der Waals surface area (Å²) in [5.41, 5.74) is 5.02. The van der Waals surface area contributed by atoms with Crippen LogP contribution in [0, 0.1) is 5.82 Å². The lowest BCUT2D eigenvalue weighted by Gasteiger charge is -2.29. The Bertz CT molecular complexity index is 1140. The molecule has 1 unspecified atom stereocenters. The number of hydrogen-bond donors (Lipinski definition) is 3. The van der Waals surface area contributed by atoms with Gasteiger partial charge in [-0.3, -0.25) is 9.35 Å². The Labute approximate surface area is 159 Å². The summed E-state index contributed by atoms with van der Waals surface area (Å²) in [4.78, 5) is 23.7. The highest BCUT2D eigenvalue weighted by molar-refractivity contribution is 7.85. The number of carboxylic acids is 1. The molecule has 2 heterocycles. The summed E-state index contributed by atoms with van der Waals surface area (Å²) in [7, 11) is -3.67. The predicted octanol–water partition coefficient (Wildman–Crippen LogP) is 1.24. The zero-order chi connectivity index (χ0) is 21.0. The fraction of sp³-hybridized carbons (Fsp3) is 0.412. The molecule has 1 fully saturated rings. The van der Waals surface area contributed by atoms with Crippen LogP contribution in [0.5, 0.6) is 5.75 Å². The van der Waals surface area contributed by atoms with E-state index in [4.69, 9.17) is 15.0 Å². The van der Waals surface area contributed by atoms with Crippen LogP contribution >= 0.6 is 0 Å². The van der Waals surface area contributed by atoms with Crippen molar-refractivity contribution in [2.75, 3.05) is 12.9 Å². The highest BCUT2D eigenvalue weighted by atomic mass is 32.2. The molecule has 1 aromatic heterocycles. The van der Waals surface area contributed by atoms with Crippen LogP contribution in [0.4, 0.5) is 4.39 Å². The van der Waals surface area contributed by atoms with Crippen molar-refractivity contribution < 1.29 is 32.0 Å². The maximum atomic E-state index is 14.6. The minimum Gasteiger partial charge on any atom is -0.489 e. The van der Waals surface area contributed by atoms with E-state index in [-0.39, 0.29) is 34.9 Å². The molecule has 2 aromatic rings. The monoisotopic (exact) mass is 414 g/mol. The van der Waals surface area contributed by atoms with E-state index in [0.717, 1.165) is 6.07 Å². The maximum absolute atomic E-state index is 14.6. The number of nitrogens with zero attached hydrogens (tertiary/aromatic N) is 1. The Morgan fingerprint density at radius 1 is 1.43 bits per heavy atom.